The van der Waals surface area contributed by atoms with E-state index < -0.39 is 0 Å². The number of hydrogen-bond acceptors (Lipinski definition) is 1. The lowest BCUT2D eigenvalue weighted by atomic mass is 10.0. The first-order valence-corrected chi connectivity index (χ1v) is 6.71. The molecule has 2 aromatic heterocycles. The predicted octanol–water partition coefficient (Wildman–Crippen LogP) is 3.77. The van der Waals surface area contributed by atoms with Gasteiger partial charge in [0.05, 0.1) is 5.69 Å². The van der Waals surface area contributed by atoms with Gasteiger partial charge in [-0.2, -0.15) is 0 Å². The van der Waals surface area contributed by atoms with Crippen molar-refractivity contribution in [2.75, 3.05) is 0 Å². The molecule has 82 valence electrons. The van der Waals surface area contributed by atoms with Crippen LogP contribution in [-0.2, 0) is 0 Å². The molecular formula is C13H13BrN2. The van der Waals surface area contributed by atoms with Crippen molar-refractivity contribution in [2.24, 2.45) is 0 Å². The molecule has 0 amide bonds. The topological polar surface area (TPSA) is 17.3 Å². The Labute approximate surface area is 103 Å². The van der Waals surface area contributed by atoms with Crippen molar-refractivity contribution in [3.8, 4) is 0 Å². The fourth-order valence-electron chi connectivity index (χ4n) is 3.38. The number of halogens is 1. The van der Waals surface area contributed by atoms with Crippen LogP contribution in [0.2, 0.25) is 0 Å². The summed E-state index contributed by atoms with van der Waals surface area (Å²) in [6, 6.07) is 2.18. The number of fused-ring (bicyclic) bond motifs is 7. The van der Waals surface area contributed by atoms with Gasteiger partial charge in [-0.25, -0.2) is 4.98 Å². The maximum Gasteiger partial charge on any atom is 0.137 e. The lowest BCUT2D eigenvalue weighted by Gasteiger charge is -2.10. The maximum absolute atomic E-state index is 4.82. The minimum atomic E-state index is 0.749. The quantitative estimate of drug-likeness (QED) is 0.716. The predicted molar refractivity (Wildman–Crippen MR) is 67.0 cm³/mol. The third-order valence-corrected chi connectivity index (χ3v) is 5.00. The smallest absolute Gasteiger partial charge is 0.137 e. The van der Waals surface area contributed by atoms with Crippen molar-refractivity contribution in [3.05, 3.63) is 33.7 Å². The second kappa shape index (κ2) is 2.89. The molecule has 1 fully saturated rings. The summed E-state index contributed by atoms with van der Waals surface area (Å²) in [5.74, 6) is 1.52. The second-order valence-electron chi connectivity index (χ2n) is 5.12. The third kappa shape index (κ3) is 1.000. The average molecular weight is 277 g/mol. The summed E-state index contributed by atoms with van der Waals surface area (Å²) in [4.78, 5) is 4.82. The molecule has 2 aliphatic carbocycles. The number of aryl methyl sites for hydroxylation is 1. The van der Waals surface area contributed by atoms with Gasteiger partial charge in [0, 0.05) is 28.2 Å². The van der Waals surface area contributed by atoms with E-state index in [0.29, 0.717) is 0 Å². The molecule has 0 aliphatic heterocycles. The summed E-state index contributed by atoms with van der Waals surface area (Å²) < 4.78 is 3.49. The van der Waals surface area contributed by atoms with Gasteiger partial charge in [0.1, 0.15) is 5.65 Å². The van der Waals surface area contributed by atoms with E-state index in [4.69, 9.17) is 4.98 Å². The standard InChI is InChI=1S/C13H13BrN2/c1-7-4-11-15-12-8-2-3-9(5-8)13(12)16(11)6-10(7)14/h4,6,8-9H,2-3,5H2,1H3. The van der Waals surface area contributed by atoms with Gasteiger partial charge in [0.25, 0.3) is 0 Å². The molecule has 4 rings (SSSR count). The number of hydrogen-bond donors (Lipinski definition) is 0. The Morgan fingerprint density at radius 2 is 2.19 bits per heavy atom. The van der Waals surface area contributed by atoms with Crippen LogP contribution >= 0.6 is 15.9 Å². The minimum absolute atomic E-state index is 0.749. The van der Waals surface area contributed by atoms with Crippen molar-refractivity contribution in [1.82, 2.24) is 9.38 Å². The van der Waals surface area contributed by atoms with Crippen molar-refractivity contribution < 1.29 is 0 Å². The van der Waals surface area contributed by atoms with Gasteiger partial charge in [0.15, 0.2) is 0 Å². The van der Waals surface area contributed by atoms with E-state index in [1.54, 1.807) is 0 Å². The molecule has 2 aliphatic rings. The fourth-order valence-corrected chi connectivity index (χ4v) is 3.70. The molecule has 2 atom stereocenters. The van der Waals surface area contributed by atoms with E-state index in [1.807, 2.05) is 0 Å². The van der Waals surface area contributed by atoms with E-state index in [9.17, 15) is 0 Å². The van der Waals surface area contributed by atoms with Crippen LogP contribution in [-0.4, -0.2) is 9.38 Å². The molecule has 0 spiro atoms. The van der Waals surface area contributed by atoms with Crippen LogP contribution in [0, 0.1) is 6.92 Å². The second-order valence-corrected chi connectivity index (χ2v) is 5.98. The third-order valence-electron chi connectivity index (χ3n) is 4.17. The van der Waals surface area contributed by atoms with Crippen LogP contribution in [0.4, 0.5) is 0 Å². The molecule has 0 radical (unpaired) electrons. The van der Waals surface area contributed by atoms with E-state index in [2.05, 4.69) is 39.5 Å². The Morgan fingerprint density at radius 1 is 1.38 bits per heavy atom. The van der Waals surface area contributed by atoms with Crippen LogP contribution in [0.1, 0.15) is 48.0 Å². The van der Waals surface area contributed by atoms with Crippen molar-refractivity contribution in [1.29, 1.82) is 0 Å². The molecular weight excluding hydrogens is 264 g/mol. The lowest BCUT2D eigenvalue weighted by molar-refractivity contribution is 0.689. The number of rotatable bonds is 0. The Balaban J connectivity index is 2.09. The summed E-state index contributed by atoms with van der Waals surface area (Å²) in [5.41, 5.74) is 5.27. The van der Waals surface area contributed by atoms with Gasteiger partial charge < -0.3 is 4.40 Å². The SMILES string of the molecule is Cc1cc2nc3c(n2cc1Br)C1CCC3C1. The van der Waals surface area contributed by atoms with Crippen LogP contribution in [0.3, 0.4) is 0 Å². The van der Waals surface area contributed by atoms with Gasteiger partial charge in [-0.05, 0) is 53.7 Å². The first-order chi connectivity index (χ1) is 7.74. The van der Waals surface area contributed by atoms with Gasteiger partial charge in [-0.3, -0.25) is 0 Å². The Hall–Kier alpha value is -0.830. The van der Waals surface area contributed by atoms with Crippen molar-refractivity contribution in [3.63, 3.8) is 0 Å². The van der Waals surface area contributed by atoms with E-state index in [1.165, 1.54) is 40.7 Å². The zero-order valence-corrected chi connectivity index (χ0v) is 10.8. The molecule has 2 unspecified atom stereocenters. The normalized spacial score (nSPS) is 26.6. The van der Waals surface area contributed by atoms with Gasteiger partial charge >= 0.3 is 0 Å². The van der Waals surface area contributed by atoms with E-state index in [0.717, 1.165) is 17.5 Å². The fraction of sp³-hybridized carbons (Fsp3) is 0.462. The number of pyridine rings is 1. The molecule has 2 bridgehead atoms. The van der Waals surface area contributed by atoms with Crippen LogP contribution < -0.4 is 0 Å². The summed E-state index contributed by atoms with van der Waals surface area (Å²) in [5, 5.41) is 0. The Bertz CT molecular complexity index is 599. The maximum atomic E-state index is 4.82. The highest BCUT2D eigenvalue weighted by Crippen LogP contribution is 2.52. The van der Waals surface area contributed by atoms with Crippen LogP contribution in [0.15, 0.2) is 16.7 Å². The van der Waals surface area contributed by atoms with Gasteiger partial charge in [-0.1, -0.05) is 0 Å². The number of imidazole rings is 1. The minimum Gasteiger partial charge on any atom is -0.302 e. The molecule has 0 aromatic carbocycles. The Morgan fingerprint density at radius 3 is 3.06 bits per heavy atom. The van der Waals surface area contributed by atoms with Gasteiger partial charge in [0.2, 0.25) is 0 Å². The molecule has 3 heteroatoms. The highest BCUT2D eigenvalue weighted by molar-refractivity contribution is 9.10. The summed E-state index contributed by atoms with van der Waals surface area (Å²) in [7, 11) is 0. The summed E-state index contributed by atoms with van der Waals surface area (Å²) in [6.07, 6.45) is 6.24. The van der Waals surface area contributed by atoms with Crippen molar-refractivity contribution >= 4 is 21.6 Å². The lowest BCUT2D eigenvalue weighted by Crippen LogP contribution is -1.99. The summed E-state index contributed by atoms with van der Waals surface area (Å²) >= 11 is 3.61. The largest absolute Gasteiger partial charge is 0.302 e. The molecule has 0 saturated heterocycles. The highest BCUT2D eigenvalue weighted by atomic mass is 79.9. The van der Waals surface area contributed by atoms with E-state index >= 15 is 0 Å². The van der Waals surface area contributed by atoms with E-state index in [-0.39, 0.29) is 0 Å². The zero-order chi connectivity index (χ0) is 10.9. The molecule has 2 aromatic rings. The highest BCUT2D eigenvalue weighted by Gasteiger charge is 2.40. The van der Waals surface area contributed by atoms with Gasteiger partial charge in [-0.15, -0.1) is 0 Å². The van der Waals surface area contributed by atoms with Crippen molar-refractivity contribution in [2.45, 2.75) is 38.0 Å². The van der Waals surface area contributed by atoms with Crippen LogP contribution in [0.25, 0.3) is 5.65 Å². The first-order valence-electron chi connectivity index (χ1n) is 5.92. The molecule has 16 heavy (non-hydrogen) atoms. The molecule has 0 N–H and O–H groups in total. The monoisotopic (exact) mass is 276 g/mol. The number of aromatic nitrogens is 2. The van der Waals surface area contributed by atoms with Crippen LogP contribution in [0.5, 0.6) is 0 Å². The molecule has 1 saturated carbocycles. The molecule has 2 nitrogen and oxygen atoms in total. The average Bonchev–Trinajstić information content (AvgIpc) is 2.89. The molecule has 2 heterocycles. The Kier molecular flexibility index (Phi) is 1.67. The zero-order valence-electron chi connectivity index (χ0n) is 9.20. The summed E-state index contributed by atoms with van der Waals surface area (Å²) in [6.45, 7) is 2.12. The number of nitrogens with zero attached hydrogens (tertiary/aromatic N) is 2. The first kappa shape index (κ1) is 9.23.